The first-order chi connectivity index (χ1) is 8.29. The zero-order valence-electron chi connectivity index (χ0n) is 11.2. The van der Waals surface area contributed by atoms with Crippen molar-refractivity contribution in [2.45, 2.75) is 63.3 Å². The number of ether oxygens (including phenoxy) is 1. The molecule has 0 aromatic heterocycles. The highest BCUT2D eigenvalue weighted by molar-refractivity contribution is 4.98. The highest BCUT2D eigenvalue weighted by Crippen LogP contribution is 2.36. The molecule has 0 bridgehead atoms. The van der Waals surface area contributed by atoms with Gasteiger partial charge in [-0.2, -0.15) is 0 Å². The maximum Gasteiger partial charge on any atom is 0.0726 e. The van der Waals surface area contributed by atoms with Gasteiger partial charge in [-0.15, -0.1) is 0 Å². The third kappa shape index (κ3) is 2.38. The minimum atomic E-state index is 0.482. The van der Waals surface area contributed by atoms with Gasteiger partial charge in [0.15, 0.2) is 0 Å². The molecular weight excluding hydrogens is 212 g/mol. The average molecular weight is 238 g/mol. The van der Waals surface area contributed by atoms with Gasteiger partial charge in [0.05, 0.1) is 6.10 Å². The summed E-state index contributed by atoms with van der Waals surface area (Å²) in [7, 11) is 1.88. The number of hydrogen-bond acceptors (Lipinski definition) is 3. The van der Waals surface area contributed by atoms with Crippen molar-refractivity contribution >= 4 is 0 Å². The molecule has 0 amide bonds. The molecule has 1 saturated heterocycles. The summed E-state index contributed by atoms with van der Waals surface area (Å²) >= 11 is 0. The van der Waals surface area contributed by atoms with Gasteiger partial charge in [-0.1, -0.05) is 0 Å². The van der Waals surface area contributed by atoms with Crippen LogP contribution < -0.4 is 5.32 Å². The molecule has 3 rings (SSSR count). The second-order valence-corrected chi connectivity index (χ2v) is 6.17. The lowest BCUT2D eigenvalue weighted by atomic mass is 10.0. The third-order valence-electron chi connectivity index (χ3n) is 4.99. The Labute approximate surface area is 105 Å². The van der Waals surface area contributed by atoms with Gasteiger partial charge in [0.25, 0.3) is 0 Å². The van der Waals surface area contributed by atoms with E-state index in [1.54, 1.807) is 0 Å². The molecule has 17 heavy (non-hydrogen) atoms. The molecule has 98 valence electrons. The smallest absolute Gasteiger partial charge is 0.0726 e. The zero-order chi connectivity index (χ0) is 11.8. The van der Waals surface area contributed by atoms with Crippen molar-refractivity contribution in [2.24, 2.45) is 5.92 Å². The van der Waals surface area contributed by atoms with Crippen molar-refractivity contribution in [3.63, 3.8) is 0 Å². The quantitative estimate of drug-likeness (QED) is 0.809. The van der Waals surface area contributed by atoms with E-state index in [-0.39, 0.29) is 0 Å². The van der Waals surface area contributed by atoms with E-state index in [1.165, 1.54) is 38.6 Å². The molecule has 0 aromatic carbocycles. The Morgan fingerprint density at radius 2 is 2.00 bits per heavy atom. The van der Waals surface area contributed by atoms with Crippen LogP contribution in [0.4, 0.5) is 0 Å². The fourth-order valence-electron chi connectivity index (χ4n) is 3.75. The van der Waals surface area contributed by atoms with Crippen LogP contribution in [-0.4, -0.2) is 49.3 Å². The van der Waals surface area contributed by atoms with Crippen LogP contribution in [0.3, 0.4) is 0 Å². The molecule has 2 aliphatic carbocycles. The van der Waals surface area contributed by atoms with Crippen LogP contribution in [0.5, 0.6) is 0 Å². The molecule has 1 aliphatic heterocycles. The Kier molecular flexibility index (Phi) is 3.42. The predicted octanol–water partition coefficient (Wildman–Crippen LogP) is 1.63. The van der Waals surface area contributed by atoms with Crippen molar-refractivity contribution in [1.29, 1.82) is 0 Å². The summed E-state index contributed by atoms with van der Waals surface area (Å²) in [4.78, 5) is 2.74. The zero-order valence-corrected chi connectivity index (χ0v) is 11.2. The van der Waals surface area contributed by atoms with E-state index in [9.17, 15) is 0 Å². The van der Waals surface area contributed by atoms with Gasteiger partial charge in [0.2, 0.25) is 0 Å². The monoisotopic (exact) mass is 238 g/mol. The minimum absolute atomic E-state index is 0.482. The molecule has 3 heteroatoms. The second kappa shape index (κ2) is 4.87. The van der Waals surface area contributed by atoms with Crippen LogP contribution in [0.25, 0.3) is 0 Å². The third-order valence-corrected chi connectivity index (χ3v) is 4.99. The maximum absolute atomic E-state index is 5.67. The molecule has 4 unspecified atom stereocenters. The van der Waals surface area contributed by atoms with E-state index in [0.717, 1.165) is 18.5 Å². The Bertz CT molecular complexity index is 267. The van der Waals surface area contributed by atoms with E-state index in [1.807, 2.05) is 7.11 Å². The molecule has 0 aromatic rings. The summed E-state index contributed by atoms with van der Waals surface area (Å²) in [6, 6.07) is 2.11. The van der Waals surface area contributed by atoms with Crippen LogP contribution in [0.15, 0.2) is 0 Å². The molecule has 4 atom stereocenters. The second-order valence-electron chi connectivity index (χ2n) is 6.17. The van der Waals surface area contributed by atoms with Crippen molar-refractivity contribution in [3.05, 3.63) is 0 Å². The molecular formula is C14H26N2O. The Balaban J connectivity index is 1.66. The Morgan fingerprint density at radius 3 is 2.71 bits per heavy atom. The van der Waals surface area contributed by atoms with Gasteiger partial charge in [0.1, 0.15) is 0 Å². The number of methoxy groups -OCH3 is 1. The van der Waals surface area contributed by atoms with Gasteiger partial charge < -0.3 is 10.1 Å². The molecule has 1 heterocycles. The van der Waals surface area contributed by atoms with Crippen molar-refractivity contribution in [1.82, 2.24) is 10.2 Å². The Morgan fingerprint density at radius 1 is 1.18 bits per heavy atom. The first-order valence-corrected chi connectivity index (χ1v) is 7.31. The fraction of sp³-hybridized carbons (Fsp3) is 1.00. The van der Waals surface area contributed by atoms with E-state index in [2.05, 4.69) is 17.1 Å². The summed E-state index contributed by atoms with van der Waals surface area (Å²) in [6.07, 6.45) is 7.30. The topological polar surface area (TPSA) is 24.5 Å². The summed E-state index contributed by atoms with van der Waals surface area (Å²) in [5.41, 5.74) is 0. The van der Waals surface area contributed by atoms with Gasteiger partial charge >= 0.3 is 0 Å². The summed E-state index contributed by atoms with van der Waals surface area (Å²) in [5.74, 6) is 0.965. The highest BCUT2D eigenvalue weighted by atomic mass is 16.5. The van der Waals surface area contributed by atoms with Crippen LogP contribution in [-0.2, 0) is 4.74 Å². The largest absolute Gasteiger partial charge is 0.380 e. The molecule has 0 spiro atoms. The minimum Gasteiger partial charge on any atom is -0.380 e. The standard InChI is InChI=1S/C14H26N2O/c1-10-8-15-12(11-6-7-11)9-16(10)13-4-3-5-14(13)17-2/h10-15H,3-9H2,1-2H3. The summed E-state index contributed by atoms with van der Waals surface area (Å²) < 4.78 is 5.67. The van der Waals surface area contributed by atoms with Crippen LogP contribution in [0.2, 0.25) is 0 Å². The maximum atomic E-state index is 5.67. The fourth-order valence-corrected chi connectivity index (χ4v) is 3.75. The van der Waals surface area contributed by atoms with Crippen molar-refractivity contribution in [2.75, 3.05) is 20.2 Å². The predicted molar refractivity (Wildman–Crippen MR) is 69.1 cm³/mol. The van der Waals surface area contributed by atoms with Gasteiger partial charge in [-0.25, -0.2) is 0 Å². The van der Waals surface area contributed by atoms with E-state index >= 15 is 0 Å². The number of nitrogens with one attached hydrogen (secondary N) is 1. The lowest BCUT2D eigenvalue weighted by Crippen LogP contribution is -2.60. The molecule has 3 fully saturated rings. The van der Waals surface area contributed by atoms with Crippen LogP contribution in [0, 0.1) is 5.92 Å². The molecule has 1 N–H and O–H groups in total. The average Bonchev–Trinajstić information content (AvgIpc) is 3.08. The highest BCUT2D eigenvalue weighted by Gasteiger charge is 2.41. The van der Waals surface area contributed by atoms with Crippen LogP contribution in [0.1, 0.15) is 39.0 Å². The lowest BCUT2D eigenvalue weighted by molar-refractivity contribution is -0.00126. The normalized spacial score (nSPS) is 44.1. The molecule has 3 aliphatic rings. The van der Waals surface area contributed by atoms with E-state index < -0.39 is 0 Å². The van der Waals surface area contributed by atoms with E-state index in [0.29, 0.717) is 18.2 Å². The lowest BCUT2D eigenvalue weighted by Gasteiger charge is -2.44. The SMILES string of the molecule is COC1CCCC1N1CC(C2CC2)NCC1C. The summed E-state index contributed by atoms with van der Waals surface area (Å²) in [6.45, 7) is 4.77. The number of piperazine rings is 1. The number of nitrogens with zero attached hydrogens (tertiary/aromatic N) is 1. The first-order valence-electron chi connectivity index (χ1n) is 7.31. The van der Waals surface area contributed by atoms with Crippen molar-refractivity contribution < 1.29 is 4.74 Å². The molecule has 2 saturated carbocycles. The van der Waals surface area contributed by atoms with Crippen LogP contribution >= 0.6 is 0 Å². The Hall–Kier alpha value is -0.120. The number of rotatable bonds is 3. The van der Waals surface area contributed by atoms with Gasteiger partial charge in [-0.05, 0) is 44.9 Å². The van der Waals surface area contributed by atoms with Crippen molar-refractivity contribution in [3.8, 4) is 0 Å². The molecule has 0 radical (unpaired) electrons. The summed E-state index contributed by atoms with van der Waals surface area (Å²) in [5, 5.41) is 3.73. The van der Waals surface area contributed by atoms with E-state index in [4.69, 9.17) is 4.74 Å². The van der Waals surface area contributed by atoms with Gasteiger partial charge in [0, 0.05) is 38.3 Å². The first kappa shape index (κ1) is 11.9. The van der Waals surface area contributed by atoms with Gasteiger partial charge in [-0.3, -0.25) is 4.90 Å². The molecule has 3 nitrogen and oxygen atoms in total. The number of hydrogen-bond donors (Lipinski definition) is 1.